The summed E-state index contributed by atoms with van der Waals surface area (Å²) in [7, 11) is 0. The molecular weight excluding hydrogens is 490 g/mol. The van der Waals surface area contributed by atoms with Crippen LogP contribution in [0.4, 0.5) is 0 Å². The number of pyridine rings is 1. The van der Waals surface area contributed by atoms with Crippen LogP contribution in [-0.4, -0.2) is 28.9 Å². The van der Waals surface area contributed by atoms with Crippen molar-refractivity contribution in [3.63, 3.8) is 0 Å². The van der Waals surface area contributed by atoms with Gasteiger partial charge in [0.15, 0.2) is 16.3 Å². The Morgan fingerprint density at radius 1 is 1.14 bits per heavy atom. The third-order valence-corrected chi connectivity index (χ3v) is 7.05. The Hall–Kier alpha value is -4.50. The minimum absolute atomic E-state index is 0.114. The molecule has 0 fully saturated rings. The van der Waals surface area contributed by atoms with Gasteiger partial charge in [-0.25, -0.2) is 9.79 Å². The molecule has 0 saturated heterocycles. The molecule has 4 aromatic rings. The van der Waals surface area contributed by atoms with Crippen LogP contribution in [0.2, 0.25) is 0 Å². The molecule has 184 valence electrons. The van der Waals surface area contributed by atoms with E-state index in [2.05, 4.69) is 4.98 Å². The van der Waals surface area contributed by atoms with E-state index < -0.39 is 12.0 Å². The van der Waals surface area contributed by atoms with Crippen LogP contribution < -0.4 is 24.4 Å². The molecule has 0 saturated carbocycles. The Balaban J connectivity index is 1.66. The highest BCUT2D eigenvalue weighted by Gasteiger charge is 2.36. The van der Waals surface area contributed by atoms with E-state index >= 15 is 0 Å². The van der Waals surface area contributed by atoms with Crippen LogP contribution in [0.15, 0.2) is 88.4 Å². The first-order valence-corrected chi connectivity index (χ1v) is 12.5. The highest BCUT2D eigenvalue weighted by Crippen LogP contribution is 2.39. The van der Waals surface area contributed by atoms with Crippen molar-refractivity contribution in [2.24, 2.45) is 4.99 Å². The fourth-order valence-corrected chi connectivity index (χ4v) is 5.45. The van der Waals surface area contributed by atoms with Crippen LogP contribution >= 0.6 is 11.3 Å². The number of rotatable bonds is 5. The molecule has 37 heavy (non-hydrogen) atoms. The molecule has 2 aromatic heterocycles. The lowest BCUT2D eigenvalue weighted by Gasteiger charge is -2.26. The van der Waals surface area contributed by atoms with E-state index in [1.807, 2.05) is 48.5 Å². The van der Waals surface area contributed by atoms with Crippen molar-refractivity contribution in [2.45, 2.75) is 13.0 Å². The number of ether oxygens (including phenoxy) is 3. The zero-order chi connectivity index (χ0) is 25.4. The number of benzene rings is 2. The van der Waals surface area contributed by atoms with Crippen LogP contribution in [-0.2, 0) is 9.53 Å². The standard InChI is InChI=1S/C28H21N3O5S/c1-2-34-27(33)23-24(18-8-4-3-5-9-18)30-28-31(25(23)19-10-11-20-21(14-19)36-16-35-20)26(32)22(37-28)13-17-7-6-12-29-15-17/h3-15,25H,2,16H2,1H3/b22-13-/t25-/m1/s1. The van der Waals surface area contributed by atoms with E-state index in [1.165, 1.54) is 11.3 Å². The molecular formula is C28H21N3O5S. The molecule has 0 N–H and O–H groups in total. The average Bonchev–Trinajstić information content (AvgIpc) is 3.52. The van der Waals surface area contributed by atoms with Gasteiger partial charge in [-0.05, 0) is 42.3 Å². The SMILES string of the molecule is CCOC(=O)C1=C(c2ccccc2)N=c2s/c(=C\c3cccnc3)c(=O)n2[C@@H]1c1ccc2c(c1)OCO2. The van der Waals surface area contributed by atoms with Gasteiger partial charge >= 0.3 is 5.97 Å². The van der Waals surface area contributed by atoms with Gasteiger partial charge in [-0.2, -0.15) is 0 Å². The van der Waals surface area contributed by atoms with E-state index in [0.717, 1.165) is 11.1 Å². The predicted molar refractivity (Wildman–Crippen MR) is 138 cm³/mol. The molecule has 0 amide bonds. The van der Waals surface area contributed by atoms with Gasteiger partial charge in [0.05, 0.1) is 28.5 Å². The number of hydrogen-bond acceptors (Lipinski definition) is 8. The van der Waals surface area contributed by atoms with Gasteiger partial charge in [-0.15, -0.1) is 0 Å². The summed E-state index contributed by atoms with van der Waals surface area (Å²) in [6.07, 6.45) is 5.15. The fourth-order valence-electron chi connectivity index (χ4n) is 4.45. The third-order valence-electron chi connectivity index (χ3n) is 6.07. The van der Waals surface area contributed by atoms with Crippen LogP contribution in [0.1, 0.15) is 29.7 Å². The molecule has 0 spiro atoms. The highest BCUT2D eigenvalue weighted by molar-refractivity contribution is 7.07. The number of aromatic nitrogens is 2. The average molecular weight is 512 g/mol. The van der Waals surface area contributed by atoms with E-state index in [9.17, 15) is 9.59 Å². The minimum Gasteiger partial charge on any atom is -0.463 e. The topological polar surface area (TPSA) is 92.0 Å². The van der Waals surface area contributed by atoms with Gasteiger partial charge in [0.25, 0.3) is 5.56 Å². The van der Waals surface area contributed by atoms with Gasteiger partial charge in [0.2, 0.25) is 6.79 Å². The Bertz CT molecular complexity index is 1710. The first-order valence-electron chi connectivity index (χ1n) is 11.7. The summed E-state index contributed by atoms with van der Waals surface area (Å²) in [6.45, 7) is 2.05. The van der Waals surface area contributed by atoms with Crippen LogP contribution in [0.25, 0.3) is 11.8 Å². The maximum Gasteiger partial charge on any atom is 0.338 e. The second-order valence-corrected chi connectivity index (χ2v) is 9.34. The molecule has 6 rings (SSSR count). The first kappa shape index (κ1) is 22.9. The number of nitrogens with zero attached hydrogens (tertiary/aromatic N) is 3. The molecule has 0 unspecified atom stereocenters. The maximum absolute atomic E-state index is 13.8. The summed E-state index contributed by atoms with van der Waals surface area (Å²) in [5, 5.41) is 0. The van der Waals surface area contributed by atoms with E-state index in [4.69, 9.17) is 19.2 Å². The van der Waals surface area contributed by atoms with E-state index in [-0.39, 0.29) is 24.5 Å². The normalized spacial score (nSPS) is 16.4. The van der Waals surface area contributed by atoms with Gasteiger partial charge in [0, 0.05) is 18.0 Å². The van der Waals surface area contributed by atoms with Gasteiger partial charge in [-0.3, -0.25) is 14.3 Å². The Labute approximate surface area is 215 Å². The second-order valence-electron chi connectivity index (χ2n) is 8.33. The molecule has 0 bridgehead atoms. The smallest absolute Gasteiger partial charge is 0.338 e. The van der Waals surface area contributed by atoms with Crippen molar-refractivity contribution in [2.75, 3.05) is 13.4 Å². The molecule has 4 heterocycles. The molecule has 8 nitrogen and oxygen atoms in total. The van der Waals surface area contributed by atoms with Crippen molar-refractivity contribution >= 4 is 29.1 Å². The Kier molecular flexibility index (Phi) is 5.90. The maximum atomic E-state index is 13.8. The minimum atomic E-state index is -0.781. The van der Waals surface area contributed by atoms with Crippen molar-refractivity contribution in [3.8, 4) is 11.5 Å². The lowest BCUT2D eigenvalue weighted by molar-refractivity contribution is -0.138. The summed E-state index contributed by atoms with van der Waals surface area (Å²) in [4.78, 5) is 36.8. The monoisotopic (exact) mass is 511 g/mol. The van der Waals surface area contributed by atoms with Gasteiger partial charge in [0.1, 0.15) is 0 Å². The molecule has 2 aliphatic rings. The predicted octanol–water partition coefficient (Wildman–Crippen LogP) is 3.06. The summed E-state index contributed by atoms with van der Waals surface area (Å²) in [6, 6.07) is 17.8. The number of carbonyl (C=O) groups is 1. The Morgan fingerprint density at radius 2 is 1.97 bits per heavy atom. The Morgan fingerprint density at radius 3 is 2.76 bits per heavy atom. The number of fused-ring (bicyclic) bond motifs is 2. The third kappa shape index (κ3) is 4.13. The molecule has 2 aliphatic heterocycles. The van der Waals surface area contributed by atoms with Gasteiger partial charge in [-0.1, -0.05) is 53.8 Å². The second kappa shape index (κ2) is 9.51. The van der Waals surface area contributed by atoms with Crippen LogP contribution in [0.5, 0.6) is 11.5 Å². The van der Waals surface area contributed by atoms with E-state index in [1.54, 1.807) is 42.1 Å². The number of esters is 1. The quantitative estimate of drug-likeness (QED) is 0.383. The fraction of sp³-hybridized carbons (Fsp3) is 0.143. The number of carbonyl (C=O) groups excluding carboxylic acids is 1. The van der Waals surface area contributed by atoms with E-state index in [0.29, 0.717) is 32.1 Å². The lowest BCUT2D eigenvalue weighted by atomic mass is 9.93. The summed E-state index contributed by atoms with van der Waals surface area (Å²) in [5.41, 5.74) is 2.72. The molecule has 2 aromatic carbocycles. The lowest BCUT2D eigenvalue weighted by Crippen LogP contribution is -2.40. The van der Waals surface area contributed by atoms with Gasteiger partial charge < -0.3 is 14.2 Å². The zero-order valence-corrected chi connectivity index (χ0v) is 20.6. The van der Waals surface area contributed by atoms with Crippen molar-refractivity contribution in [1.29, 1.82) is 0 Å². The summed E-state index contributed by atoms with van der Waals surface area (Å²) < 4.78 is 18.6. The zero-order valence-electron chi connectivity index (χ0n) is 19.8. The summed E-state index contributed by atoms with van der Waals surface area (Å²) in [5.74, 6) is 0.628. The van der Waals surface area contributed by atoms with Crippen molar-refractivity contribution in [3.05, 3.63) is 115 Å². The van der Waals surface area contributed by atoms with Crippen molar-refractivity contribution in [1.82, 2.24) is 9.55 Å². The first-order chi connectivity index (χ1) is 18.1. The number of hydrogen-bond donors (Lipinski definition) is 0. The molecule has 1 atom stereocenters. The van der Waals surface area contributed by atoms with Crippen LogP contribution in [0, 0.1) is 0 Å². The molecule has 0 aliphatic carbocycles. The van der Waals surface area contributed by atoms with Crippen LogP contribution in [0.3, 0.4) is 0 Å². The molecule has 9 heteroatoms. The summed E-state index contributed by atoms with van der Waals surface area (Å²) >= 11 is 1.26. The highest BCUT2D eigenvalue weighted by atomic mass is 32.1. The number of thiazole rings is 1. The largest absolute Gasteiger partial charge is 0.463 e. The molecule has 0 radical (unpaired) electrons. The van der Waals surface area contributed by atoms with Crippen molar-refractivity contribution < 1.29 is 19.0 Å².